The van der Waals surface area contributed by atoms with Crippen molar-refractivity contribution in [3.05, 3.63) is 16.1 Å². The second kappa shape index (κ2) is 8.91. The maximum Gasteiger partial charge on any atom is 0.193 e. The van der Waals surface area contributed by atoms with Gasteiger partial charge in [0.2, 0.25) is 0 Å². The molecule has 0 amide bonds. The summed E-state index contributed by atoms with van der Waals surface area (Å²) in [6.07, 6.45) is 3.33. The molecule has 0 saturated carbocycles. The molecule has 0 spiro atoms. The lowest BCUT2D eigenvalue weighted by Crippen LogP contribution is -2.39. The number of hydrogen-bond acceptors (Lipinski definition) is 3. The van der Waals surface area contributed by atoms with Crippen LogP contribution in [0.3, 0.4) is 0 Å². The fourth-order valence-electron chi connectivity index (χ4n) is 1.77. The van der Waals surface area contributed by atoms with Gasteiger partial charge in [-0.15, -0.1) is 11.3 Å². The van der Waals surface area contributed by atoms with E-state index in [9.17, 15) is 0 Å². The van der Waals surface area contributed by atoms with Gasteiger partial charge in [-0.05, 0) is 20.3 Å². The van der Waals surface area contributed by atoms with Gasteiger partial charge in [-0.1, -0.05) is 13.3 Å². The van der Waals surface area contributed by atoms with E-state index in [2.05, 4.69) is 46.5 Å². The Hall–Kier alpha value is -1.10. The van der Waals surface area contributed by atoms with E-state index in [0.29, 0.717) is 0 Å². The van der Waals surface area contributed by atoms with Crippen LogP contribution in [0, 0.1) is 6.92 Å². The number of aryl methyl sites for hydroxylation is 1. The Morgan fingerprint density at radius 2 is 2.26 bits per heavy atom. The lowest BCUT2D eigenvalue weighted by Gasteiger charge is -2.21. The summed E-state index contributed by atoms with van der Waals surface area (Å²) in [4.78, 5) is 11.3. The molecule has 108 valence electrons. The van der Waals surface area contributed by atoms with Crippen molar-refractivity contribution in [2.45, 2.75) is 40.0 Å². The minimum absolute atomic E-state index is 0.794. The number of nitrogens with zero attached hydrogens (tertiary/aromatic N) is 3. The van der Waals surface area contributed by atoms with Crippen LogP contribution in [0.25, 0.3) is 0 Å². The predicted octanol–water partition coefficient (Wildman–Crippen LogP) is 2.69. The zero-order valence-electron chi connectivity index (χ0n) is 12.6. The highest BCUT2D eigenvalue weighted by Crippen LogP contribution is 2.08. The van der Waals surface area contributed by atoms with Crippen molar-refractivity contribution in [2.75, 3.05) is 26.7 Å². The van der Waals surface area contributed by atoms with Crippen molar-refractivity contribution in [2.24, 2.45) is 4.99 Å². The standard InChI is InChI=1S/C14H26N4S/c1-5-7-10-18(4)14(15-6-2)16-9-8-13-11-19-12(3)17-13/h11H,5-10H2,1-4H3,(H,15,16). The Morgan fingerprint density at radius 3 is 2.84 bits per heavy atom. The van der Waals surface area contributed by atoms with E-state index in [1.54, 1.807) is 11.3 Å². The number of hydrogen-bond donors (Lipinski definition) is 1. The average Bonchev–Trinajstić information content (AvgIpc) is 2.80. The van der Waals surface area contributed by atoms with E-state index in [0.717, 1.165) is 42.7 Å². The largest absolute Gasteiger partial charge is 0.357 e. The lowest BCUT2D eigenvalue weighted by molar-refractivity contribution is 0.465. The number of thiazole rings is 1. The number of aromatic nitrogens is 1. The van der Waals surface area contributed by atoms with Gasteiger partial charge in [-0.2, -0.15) is 0 Å². The topological polar surface area (TPSA) is 40.5 Å². The first-order valence-electron chi connectivity index (χ1n) is 7.07. The summed E-state index contributed by atoms with van der Waals surface area (Å²) in [7, 11) is 2.10. The highest BCUT2D eigenvalue weighted by atomic mass is 32.1. The van der Waals surface area contributed by atoms with Crippen LogP contribution in [-0.2, 0) is 6.42 Å². The van der Waals surface area contributed by atoms with Crippen molar-refractivity contribution in [1.82, 2.24) is 15.2 Å². The quantitative estimate of drug-likeness (QED) is 0.617. The Kier molecular flexibility index (Phi) is 7.48. The molecule has 4 nitrogen and oxygen atoms in total. The minimum Gasteiger partial charge on any atom is -0.357 e. The molecule has 0 radical (unpaired) electrons. The van der Waals surface area contributed by atoms with Crippen molar-refractivity contribution < 1.29 is 0 Å². The normalized spacial score (nSPS) is 11.7. The number of guanidine groups is 1. The zero-order chi connectivity index (χ0) is 14.1. The molecule has 0 aliphatic heterocycles. The smallest absolute Gasteiger partial charge is 0.193 e. The Balaban J connectivity index is 2.47. The van der Waals surface area contributed by atoms with Gasteiger partial charge in [0.25, 0.3) is 0 Å². The Labute approximate surface area is 121 Å². The van der Waals surface area contributed by atoms with Gasteiger partial charge >= 0.3 is 0 Å². The van der Waals surface area contributed by atoms with E-state index in [1.807, 2.05) is 6.92 Å². The SMILES string of the molecule is CCCCN(C)C(=NCCc1csc(C)n1)NCC. The molecule has 1 aromatic rings. The van der Waals surface area contributed by atoms with Gasteiger partial charge in [0.15, 0.2) is 5.96 Å². The van der Waals surface area contributed by atoms with Crippen molar-refractivity contribution in [3.63, 3.8) is 0 Å². The average molecular weight is 282 g/mol. The van der Waals surface area contributed by atoms with Gasteiger partial charge in [0.1, 0.15) is 0 Å². The number of nitrogens with one attached hydrogen (secondary N) is 1. The zero-order valence-corrected chi connectivity index (χ0v) is 13.4. The fourth-order valence-corrected chi connectivity index (χ4v) is 2.42. The summed E-state index contributed by atoms with van der Waals surface area (Å²) in [5, 5.41) is 6.59. The fraction of sp³-hybridized carbons (Fsp3) is 0.714. The number of unbranched alkanes of at least 4 members (excludes halogenated alkanes) is 1. The number of rotatable bonds is 7. The van der Waals surface area contributed by atoms with Gasteiger partial charge in [-0.3, -0.25) is 4.99 Å². The lowest BCUT2D eigenvalue weighted by atomic mass is 10.3. The van der Waals surface area contributed by atoms with Crippen LogP contribution in [0.1, 0.15) is 37.4 Å². The molecular formula is C14H26N4S. The highest BCUT2D eigenvalue weighted by molar-refractivity contribution is 7.09. The van der Waals surface area contributed by atoms with Gasteiger partial charge < -0.3 is 10.2 Å². The van der Waals surface area contributed by atoms with Gasteiger partial charge in [0, 0.05) is 38.5 Å². The third-order valence-corrected chi connectivity index (χ3v) is 3.66. The van der Waals surface area contributed by atoms with Gasteiger partial charge in [0.05, 0.1) is 10.7 Å². The summed E-state index contributed by atoms with van der Waals surface area (Å²) < 4.78 is 0. The molecule has 0 unspecified atom stereocenters. The van der Waals surface area contributed by atoms with Crippen LogP contribution < -0.4 is 5.32 Å². The van der Waals surface area contributed by atoms with Crippen molar-refractivity contribution >= 4 is 17.3 Å². The second-order valence-corrected chi connectivity index (χ2v) is 5.68. The molecule has 19 heavy (non-hydrogen) atoms. The van der Waals surface area contributed by atoms with Crippen molar-refractivity contribution in [3.8, 4) is 0 Å². The molecule has 0 fully saturated rings. The van der Waals surface area contributed by atoms with Crippen LogP contribution >= 0.6 is 11.3 Å². The molecule has 0 aliphatic carbocycles. The Bertz CT molecular complexity index is 387. The van der Waals surface area contributed by atoms with E-state index < -0.39 is 0 Å². The van der Waals surface area contributed by atoms with E-state index in [4.69, 9.17) is 0 Å². The van der Waals surface area contributed by atoms with E-state index in [1.165, 1.54) is 12.8 Å². The van der Waals surface area contributed by atoms with Crippen LogP contribution in [0.5, 0.6) is 0 Å². The highest BCUT2D eigenvalue weighted by Gasteiger charge is 2.04. The molecule has 1 aromatic heterocycles. The summed E-state index contributed by atoms with van der Waals surface area (Å²) in [6, 6.07) is 0. The van der Waals surface area contributed by atoms with Crippen LogP contribution in [-0.4, -0.2) is 42.5 Å². The monoisotopic (exact) mass is 282 g/mol. The van der Waals surface area contributed by atoms with E-state index >= 15 is 0 Å². The summed E-state index contributed by atoms with van der Waals surface area (Å²) in [6.45, 7) is 9.11. The summed E-state index contributed by atoms with van der Waals surface area (Å²) >= 11 is 1.71. The molecule has 0 atom stereocenters. The van der Waals surface area contributed by atoms with Gasteiger partial charge in [-0.25, -0.2) is 4.98 Å². The van der Waals surface area contributed by atoms with Crippen LogP contribution in [0.4, 0.5) is 0 Å². The third-order valence-electron chi connectivity index (χ3n) is 2.84. The Morgan fingerprint density at radius 1 is 1.47 bits per heavy atom. The van der Waals surface area contributed by atoms with Crippen LogP contribution in [0.2, 0.25) is 0 Å². The molecule has 1 heterocycles. The minimum atomic E-state index is 0.794. The second-order valence-electron chi connectivity index (χ2n) is 4.62. The third kappa shape index (κ3) is 6.05. The summed E-state index contributed by atoms with van der Waals surface area (Å²) in [5.74, 6) is 1.00. The van der Waals surface area contributed by atoms with Crippen molar-refractivity contribution in [1.29, 1.82) is 0 Å². The van der Waals surface area contributed by atoms with Crippen LogP contribution in [0.15, 0.2) is 10.4 Å². The predicted molar refractivity (Wildman–Crippen MR) is 84.1 cm³/mol. The molecule has 0 aromatic carbocycles. The maximum atomic E-state index is 4.67. The van der Waals surface area contributed by atoms with E-state index in [-0.39, 0.29) is 0 Å². The molecule has 1 rings (SSSR count). The molecule has 0 bridgehead atoms. The molecule has 0 saturated heterocycles. The first-order valence-corrected chi connectivity index (χ1v) is 7.95. The maximum absolute atomic E-state index is 4.67. The molecule has 1 N–H and O–H groups in total. The molecule has 5 heteroatoms. The molecule has 0 aliphatic rings. The summed E-state index contributed by atoms with van der Waals surface area (Å²) in [5.41, 5.74) is 1.15. The number of aliphatic imine (C=N–C) groups is 1. The first kappa shape index (κ1) is 16.0. The first-order chi connectivity index (χ1) is 9.17. The molecular weight excluding hydrogens is 256 g/mol.